The van der Waals surface area contributed by atoms with E-state index in [9.17, 15) is 9.59 Å². The molecule has 3 aromatic carbocycles. The molecule has 30 heavy (non-hydrogen) atoms. The van der Waals surface area contributed by atoms with E-state index in [1.54, 1.807) is 24.3 Å². The van der Waals surface area contributed by atoms with Gasteiger partial charge in [-0.3, -0.25) is 9.69 Å². The number of carbonyl (C=O) groups excluding carboxylic acids is 2. The van der Waals surface area contributed by atoms with Gasteiger partial charge in [0, 0.05) is 17.1 Å². The summed E-state index contributed by atoms with van der Waals surface area (Å²) in [6.07, 6.45) is -0.0830. The van der Waals surface area contributed by atoms with Gasteiger partial charge in [0.1, 0.15) is 12.6 Å². The number of amides is 2. The number of anilines is 1. The summed E-state index contributed by atoms with van der Waals surface area (Å²) >= 11 is 5.92. The van der Waals surface area contributed by atoms with Gasteiger partial charge in [0.15, 0.2) is 0 Å². The number of nitrogens with zero attached hydrogens (tertiary/aromatic N) is 1. The van der Waals surface area contributed by atoms with Crippen LogP contribution < -0.4 is 5.32 Å². The molecule has 1 atom stereocenters. The second kappa shape index (κ2) is 9.01. The highest BCUT2D eigenvalue weighted by Crippen LogP contribution is 2.25. The van der Waals surface area contributed by atoms with Gasteiger partial charge in [-0.25, -0.2) is 4.79 Å². The molecule has 1 aliphatic heterocycles. The Kier molecular flexibility index (Phi) is 6.00. The summed E-state index contributed by atoms with van der Waals surface area (Å²) in [7, 11) is 0. The topological polar surface area (TPSA) is 58.6 Å². The van der Waals surface area contributed by atoms with Crippen molar-refractivity contribution >= 4 is 29.3 Å². The van der Waals surface area contributed by atoms with Crippen LogP contribution in [0.2, 0.25) is 5.02 Å². The van der Waals surface area contributed by atoms with Crippen molar-refractivity contribution in [2.75, 3.05) is 5.32 Å². The average molecular weight is 421 g/mol. The number of nitrogens with one attached hydrogen (secondary N) is 1. The molecule has 0 radical (unpaired) electrons. The highest BCUT2D eigenvalue weighted by molar-refractivity contribution is 6.30. The van der Waals surface area contributed by atoms with E-state index in [4.69, 9.17) is 16.3 Å². The van der Waals surface area contributed by atoms with Gasteiger partial charge >= 0.3 is 6.09 Å². The molecule has 0 saturated carbocycles. The molecule has 2 amide bonds. The number of halogens is 1. The molecule has 1 heterocycles. The van der Waals surface area contributed by atoms with E-state index in [-0.39, 0.29) is 12.5 Å². The number of carbonyl (C=O) groups is 2. The van der Waals surface area contributed by atoms with Gasteiger partial charge in [-0.2, -0.15) is 0 Å². The van der Waals surface area contributed by atoms with Crippen molar-refractivity contribution in [1.29, 1.82) is 0 Å². The highest BCUT2D eigenvalue weighted by atomic mass is 35.5. The molecule has 152 valence electrons. The second-order valence-corrected chi connectivity index (χ2v) is 7.59. The van der Waals surface area contributed by atoms with Crippen molar-refractivity contribution in [2.45, 2.75) is 25.6 Å². The third kappa shape index (κ3) is 4.63. The quantitative estimate of drug-likeness (QED) is 0.643. The second-order valence-electron chi connectivity index (χ2n) is 7.15. The van der Waals surface area contributed by atoms with Crippen LogP contribution in [-0.2, 0) is 29.1 Å². The first-order valence-corrected chi connectivity index (χ1v) is 10.1. The Bertz CT molecular complexity index is 1040. The summed E-state index contributed by atoms with van der Waals surface area (Å²) in [6.45, 7) is 0.478. The van der Waals surface area contributed by atoms with E-state index in [1.165, 1.54) is 4.90 Å². The van der Waals surface area contributed by atoms with Gasteiger partial charge < -0.3 is 10.1 Å². The van der Waals surface area contributed by atoms with Gasteiger partial charge in [-0.1, -0.05) is 66.2 Å². The maximum absolute atomic E-state index is 13.1. The molecule has 0 bridgehead atoms. The van der Waals surface area contributed by atoms with Crippen molar-refractivity contribution in [3.05, 3.63) is 101 Å². The fourth-order valence-corrected chi connectivity index (χ4v) is 3.64. The zero-order valence-corrected chi connectivity index (χ0v) is 17.0. The van der Waals surface area contributed by atoms with Crippen molar-refractivity contribution in [3.63, 3.8) is 0 Å². The molecular weight excluding hydrogens is 400 g/mol. The van der Waals surface area contributed by atoms with Crippen LogP contribution in [-0.4, -0.2) is 22.9 Å². The monoisotopic (exact) mass is 420 g/mol. The van der Waals surface area contributed by atoms with Gasteiger partial charge in [0.25, 0.3) is 0 Å². The van der Waals surface area contributed by atoms with E-state index in [0.717, 1.165) is 16.7 Å². The first kappa shape index (κ1) is 20.0. The van der Waals surface area contributed by atoms with Crippen LogP contribution in [0.1, 0.15) is 16.7 Å². The zero-order chi connectivity index (χ0) is 20.9. The average Bonchev–Trinajstić information content (AvgIpc) is 2.78. The van der Waals surface area contributed by atoms with Gasteiger partial charge in [0.2, 0.25) is 5.91 Å². The minimum Gasteiger partial charge on any atom is -0.445 e. The fraction of sp³-hybridized carbons (Fsp3) is 0.167. The molecule has 0 unspecified atom stereocenters. The molecule has 1 aliphatic rings. The minimum absolute atomic E-state index is 0.156. The molecule has 1 N–H and O–H groups in total. The molecule has 0 fully saturated rings. The molecule has 0 aromatic heterocycles. The van der Waals surface area contributed by atoms with Crippen LogP contribution >= 0.6 is 11.6 Å². The van der Waals surface area contributed by atoms with E-state index in [0.29, 0.717) is 23.7 Å². The molecule has 0 spiro atoms. The summed E-state index contributed by atoms with van der Waals surface area (Å²) in [5, 5.41) is 3.47. The van der Waals surface area contributed by atoms with E-state index in [1.807, 2.05) is 54.6 Å². The predicted octanol–water partition coefficient (Wildman–Crippen LogP) is 5.04. The van der Waals surface area contributed by atoms with Crippen LogP contribution in [0.15, 0.2) is 78.9 Å². The van der Waals surface area contributed by atoms with E-state index >= 15 is 0 Å². The summed E-state index contributed by atoms with van der Waals surface area (Å²) in [5.41, 5.74) is 3.59. The maximum atomic E-state index is 13.1. The lowest BCUT2D eigenvalue weighted by molar-refractivity contribution is -0.121. The third-order valence-electron chi connectivity index (χ3n) is 5.10. The lowest BCUT2D eigenvalue weighted by atomic mass is 9.94. The van der Waals surface area contributed by atoms with Crippen LogP contribution in [0.5, 0.6) is 0 Å². The summed E-state index contributed by atoms with van der Waals surface area (Å²) in [5.74, 6) is -0.261. The lowest BCUT2D eigenvalue weighted by Gasteiger charge is -2.35. The normalized spacial score (nSPS) is 15.2. The maximum Gasteiger partial charge on any atom is 0.411 e. The van der Waals surface area contributed by atoms with Gasteiger partial charge in [-0.05, 0) is 41.0 Å². The summed E-state index contributed by atoms with van der Waals surface area (Å²) < 4.78 is 5.52. The molecule has 3 aromatic rings. The van der Waals surface area contributed by atoms with Crippen LogP contribution in [0.3, 0.4) is 0 Å². The third-order valence-corrected chi connectivity index (χ3v) is 5.35. The Morgan fingerprint density at radius 3 is 2.33 bits per heavy atom. The molecule has 6 heteroatoms. The fourth-order valence-electron chi connectivity index (χ4n) is 3.51. The van der Waals surface area contributed by atoms with E-state index in [2.05, 4.69) is 5.32 Å². The number of benzene rings is 3. The Morgan fingerprint density at radius 1 is 0.933 bits per heavy atom. The highest BCUT2D eigenvalue weighted by Gasteiger charge is 2.35. The molecule has 5 nitrogen and oxygen atoms in total. The van der Waals surface area contributed by atoms with Crippen molar-refractivity contribution < 1.29 is 14.3 Å². The molecular formula is C24H21ClN2O3. The van der Waals surface area contributed by atoms with Crippen LogP contribution in [0, 0.1) is 0 Å². The van der Waals surface area contributed by atoms with E-state index < -0.39 is 12.1 Å². The number of hydrogen-bond donors (Lipinski definition) is 1. The Balaban J connectivity index is 1.52. The predicted molar refractivity (Wildman–Crippen MR) is 116 cm³/mol. The standard InChI is InChI=1S/C24H21ClN2O3/c25-20-10-12-21(13-11-20)26-23(28)22-14-18-8-4-5-9-19(18)15-27(22)24(29)30-16-17-6-2-1-3-7-17/h1-13,22H,14-16H2,(H,26,28)/t22-/m1/s1. The van der Waals surface area contributed by atoms with Crippen LogP contribution in [0.25, 0.3) is 0 Å². The number of ether oxygens (including phenoxy) is 1. The molecule has 4 rings (SSSR count). The summed E-state index contributed by atoms with van der Waals surface area (Å²) in [6, 6.07) is 23.5. The smallest absolute Gasteiger partial charge is 0.411 e. The Morgan fingerprint density at radius 2 is 1.60 bits per heavy atom. The van der Waals surface area contributed by atoms with Crippen molar-refractivity contribution in [2.24, 2.45) is 0 Å². The van der Waals surface area contributed by atoms with Crippen LogP contribution in [0.4, 0.5) is 10.5 Å². The number of fused-ring (bicyclic) bond motifs is 1. The largest absolute Gasteiger partial charge is 0.445 e. The van der Waals surface area contributed by atoms with Crippen molar-refractivity contribution in [3.8, 4) is 0 Å². The van der Waals surface area contributed by atoms with Gasteiger partial charge in [0.05, 0.1) is 6.54 Å². The SMILES string of the molecule is O=C(Nc1ccc(Cl)cc1)[C@H]1Cc2ccccc2CN1C(=O)OCc1ccccc1. The minimum atomic E-state index is -0.668. The number of rotatable bonds is 4. The Hall–Kier alpha value is -3.31. The number of hydrogen-bond acceptors (Lipinski definition) is 3. The first-order valence-electron chi connectivity index (χ1n) is 9.71. The molecule has 0 saturated heterocycles. The summed E-state index contributed by atoms with van der Waals surface area (Å²) in [4.78, 5) is 27.5. The molecule has 0 aliphatic carbocycles. The zero-order valence-electron chi connectivity index (χ0n) is 16.3. The van der Waals surface area contributed by atoms with Crippen molar-refractivity contribution in [1.82, 2.24) is 4.90 Å². The van der Waals surface area contributed by atoms with Gasteiger partial charge in [-0.15, -0.1) is 0 Å². The lowest BCUT2D eigenvalue weighted by Crippen LogP contribution is -2.50. The first-order chi connectivity index (χ1) is 14.6. The Labute approximate surface area is 180 Å².